The summed E-state index contributed by atoms with van der Waals surface area (Å²) in [4.78, 5) is 46.0. The first kappa shape index (κ1) is 57.2. The molecule has 0 aromatic rings. The Hall–Kier alpha value is -1.78. The number of aliphatic hydroxyl groups excluding tert-OH is 1. The Labute approximate surface area is 360 Å². The average molecular weight is 860 g/mol. The molecule has 0 rings (SSSR count). The first-order valence-corrected chi connectivity index (χ1v) is 25.7. The molecule has 0 saturated carbocycles. The number of hydrogen-bond acceptors (Lipinski definition) is 8. The first-order valence-electron chi connectivity index (χ1n) is 24.2. The molecule has 3 unspecified atom stereocenters. The van der Waals surface area contributed by atoms with Crippen molar-refractivity contribution < 1.29 is 47.8 Å². The number of unbranched alkanes of at least 4 members (excludes halogenated alkanes) is 30. The zero-order valence-electron chi connectivity index (χ0n) is 37.8. The van der Waals surface area contributed by atoms with Crippen LogP contribution in [0.4, 0.5) is 0 Å². The first-order chi connectivity index (χ1) is 28.6. The molecule has 0 saturated heterocycles. The van der Waals surface area contributed by atoms with Crippen molar-refractivity contribution in [2.24, 2.45) is 0 Å². The van der Waals surface area contributed by atoms with E-state index in [0.29, 0.717) is 12.8 Å². The molecule has 3 atom stereocenters. The van der Waals surface area contributed by atoms with E-state index in [2.05, 4.69) is 31.3 Å². The van der Waals surface area contributed by atoms with Crippen LogP contribution in [0.5, 0.6) is 0 Å². The molecule has 0 spiro atoms. The van der Waals surface area contributed by atoms with Crippen molar-refractivity contribution in [1.29, 1.82) is 0 Å². The number of allylic oxidation sites excluding steroid dienone is 2. The maximum atomic E-state index is 12.3. The third-order valence-electron chi connectivity index (χ3n) is 10.8. The number of carbonyl (C=O) groups is 3. The molecule has 0 heterocycles. The van der Waals surface area contributed by atoms with Gasteiger partial charge < -0.3 is 25.2 Å². The Morgan fingerprint density at radius 1 is 0.525 bits per heavy atom. The molecule has 0 aliphatic rings. The Kier molecular flexibility index (Phi) is 41.6. The number of carbonyl (C=O) groups excluding carboxylic acids is 2. The lowest BCUT2D eigenvalue weighted by Gasteiger charge is -2.18. The highest BCUT2D eigenvalue weighted by atomic mass is 31.2. The lowest BCUT2D eigenvalue weighted by atomic mass is 10.0. The maximum absolute atomic E-state index is 12.3. The van der Waals surface area contributed by atoms with Gasteiger partial charge >= 0.3 is 19.8 Å². The minimum absolute atomic E-state index is 0.139. The van der Waals surface area contributed by atoms with Gasteiger partial charge in [-0.25, -0.2) is 9.36 Å². The van der Waals surface area contributed by atoms with E-state index in [4.69, 9.17) is 13.8 Å². The van der Waals surface area contributed by atoms with Gasteiger partial charge in [0.25, 0.3) is 0 Å². The SMILES string of the molecule is CCCCCCCC/C=C\CCCCCCCC(=O)NC(COP(=O)(O)OCC(O)COC(=O)CCCCCCCCCCCCCCCCCCCCCC)C(=O)O. The average Bonchev–Trinajstić information content (AvgIpc) is 3.21. The molecule has 12 heteroatoms. The minimum atomic E-state index is -4.76. The number of esters is 1. The van der Waals surface area contributed by atoms with E-state index >= 15 is 0 Å². The third kappa shape index (κ3) is 42.7. The summed E-state index contributed by atoms with van der Waals surface area (Å²) in [6.07, 6.45) is 43.8. The molecule has 0 bridgehead atoms. The van der Waals surface area contributed by atoms with Gasteiger partial charge in [0, 0.05) is 12.8 Å². The second kappa shape index (κ2) is 42.9. The quantitative estimate of drug-likeness (QED) is 0.0200. The molecule has 4 N–H and O–H groups in total. The number of phosphoric ester groups is 1. The standard InChI is InChI=1S/C47H90NO10P/c1-3-5-7-9-11-13-15-17-19-20-21-22-23-25-27-29-31-33-35-37-39-46(51)56-40-43(49)41-57-59(54,55)58-42-44(47(52)53)48-45(50)38-36-34-32-30-28-26-24-18-16-14-12-10-8-6-4-2/h18,24,43-44,49H,3-17,19-23,25-42H2,1-2H3,(H,48,50)(H,52,53)(H,54,55)/b24-18-. The maximum Gasteiger partial charge on any atom is 0.472 e. The molecule has 0 aromatic heterocycles. The molecule has 348 valence electrons. The van der Waals surface area contributed by atoms with Gasteiger partial charge in [-0.3, -0.25) is 18.6 Å². The van der Waals surface area contributed by atoms with Crippen LogP contribution in [0, 0.1) is 0 Å². The van der Waals surface area contributed by atoms with Crippen LogP contribution >= 0.6 is 7.82 Å². The van der Waals surface area contributed by atoms with Crippen molar-refractivity contribution >= 4 is 25.7 Å². The molecular weight excluding hydrogens is 769 g/mol. The number of aliphatic hydroxyl groups is 1. The van der Waals surface area contributed by atoms with E-state index < -0.39 is 57.6 Å². The van der Waals surface area contributed by atoms with Crippen LogP contribution in [-0.4, -0.2) is 64.9 Å². The molecular formula is C47H90NO10P. The van der Waals surface area contributed by atoms with Gasteiger partial charge in [0.1, 0.15) is 12.7 Å². The second-order valence-corrected chi connectivity index (χ2v) is 18.1. The lowest BCUT2D eigenvalue weighted by molar-refractivity contribution is -0.147. The van der Waals surface area contributed by atoms with Crippen LogP contribution < -0.4 is 5.32 Å². The van der Waals surface area contributed by atoms with Crippen molar-refractivity contribution in [3.05, 3.63) is 12.2 Å². The van der Waals surface area contributed by atoms with Gasteiger partial charge in [0.15, 0.2) is 6.04 Å². The molecule has 59 heavy (non-hydrogen) atoms. The summed E-state index contributed by atoms with van der Waals surface area (Å²) in [7, 11) is -4.76. The summed E-state index contributed by atoms with van der Waals surface area (Å²) in [5.41, 5.74) is 0. The van der Waals surface area contributed by atoms with Crippen LogP contribution in [0.2, 0.25) is 0 Å². The predicted molar refractivity (Wildman–Crippen MR) is 240 cm³/mol. The van der Waals surface area contributed by atoms with Gasteiger partial charge in [-0.1, -0.05) is 199 Å². The van der Waals surface area contributed by atoms with Gasteiger partial charge in [0.05, 0.1) is 13.2 Å². The normalized spacial score (nSPS) is 13.7. The Morgan fingerprint density at radius 2 is 0.881 bits per heavy atom. The van der Waals surface area contributed by atoms with Crippen LogP contribution in [0.25, 0.3) is 0 Å². The molecule has 0 fully saturated rings. The van der Waals surface area contributed by atoms with Crippen molar-refractivity contribution in [2.75, 3.05) is 19.8 Å². The molecule has 0 aliphatic heterocycles. The predicted octanol–water partition coefficient (Wildman–Crippen LogP) is 12.8. The number of ether oxygens (including phenoxy) is 1. The number of carboxylic acids is 1. The topological polar surface area (TPSA) is 169 Å². The zero-order chi connectivity index (χ0) is 43.5. The second-order valence-electron chi connectivity index (χ2n) is 16.7. The molecule has 11 nitrogen and oxygen atoms in total. The number of amides is 1. The largest absolute Gasteiger partial charge is 0.480 e. The highest BCUT2D eigenvalue weighted by Crippen LogP contribution is 2.43. The molecule has 0 radical (unpaired) electrons. The highest BCUT2D eigenvalue weighted by Gasteiger charge is 2.28. The van der Waals surface area contributed by atoms with Gasteiger partial charge in [-0.15, -0.1) is 0 Å². The minimum Gasteiger partial charge on any atom is -0.480 e. The summed E-state index contributed by atoms with van der Waals surface area (Å²) in [6, 6.07) is -1.55. The van der Waals surface area contributed by atoms with Crippen molar-refractivity contribution in [3.63, 3.8) is 0 Å². The fourth-order valence-corrected chi connectivity index (χ4v) is 7.79. The lowest BCUT2D eigenvalue weighted by Crippen LogP contribution is -2.43. The summed E-state index contributed by atoms with van der Waals surface area (Å²) < 4.78 is 26.9. The Morgan fingerprint density at radius 3 is 1.29 bits per heavy atom. The molecule has 1 amide bonds. The van der Waals surface area contributed by atoms with Crippen molar-refractivity contribution in [1.82, 2.24) is 5.32 Å². The molecule has 0 aliphatic carbocycles. The van der Waals surface area contributed by atoms with Crippen LogP contribution in [-0.2, 0) is 32.7 Å². The molecule has 0 aromatic carbocycles. The van der Waals surface area contributed by atoms with E-state index in [1.807, 2.05) is 0 Å². The van der Waals surface area contributed by atoms with E-state index in [1.54, 1.807) is 0 Å². The van der Waals surface area contributed by atoms with Gasteiger partial charge in [-0.2, -0.15) is 0 Å². The Balaban J connectivity index is 3.81. The fraction of sp³-hybridized carbons (Fsp3) is 0.894. The van der Waals surface area contributed by atoms with Crippen molar-refractivity contribution in [2.45, 2.75) is 251 Å². The Bertz CT molecular complexity index is 1060. The highest BCUT2D eigenvalue weighted by molar-refractivity contribution is 7.47. The van der Waals surface area contributed by atoms with E-state index in [-0.39, 0.29) is 12.8 Å². The van der Waals surface area contributed by atoms with Gasteiger partial charge in [-0.05, 0) is 38.5 Å². The monoisotopic (exact) mass is 860 g/mol. The van der Waals surface area contributed by atoms with Gasteiger partial charge in [0.2, 0.25) is 5.91 Å². The van der Waals surface area contributed by atoms with Crippen molar-refractivity contribution in [3.8, 4) is 0 Å². The van der Waals surface area contributed by atoms with Crippen LogP contribution in [0.3, 0.4) is 0 Å². The number of nitrogens with one attached hydrogen (secondary N) is 1. The van der Waals surface area contributed by atoms with E-state index in [9.17, 15) is 34.1 Å². The van der Waals surface area contributed by atoms with E-state index in [1.165, 1.54) is 141 Å². The smallest absolute Gasteiger partial charge is 0.472 e. The summed E-state index contributed by atoms with van der Waals surface area (Å²) in [5.74, 6) is -2.37. The van der Waals surface area contributed by atoms with Crippen LogP contribution in [0.1, 0.15) is 239 Å². The number of carboxylic acid groups (broad SMARTS) is 1. The summed E-state index contributed by atoms with van der Waals surface area (Å²) in [5, 5.41) is 21.9. The number of aliphatic carboxylic acids is 1. The number of rotatable bonds is 46. The zero-order valence-corrected chi connectivity index (χ0v) is 38.7. The summed E-state index contributed by atoms with van der Waals surface area (Å²) in [6.45, 7) is 2.62. The summed E-state index contributed by atoms with van der Waals surface area (Å²) >= 11 is 0. The number of phosphoric acid groups is 1. The fourth-order valence-electron chi connectivity index (χ4n) is 7.02. The third-order valence-corrected chi connectivity index (χ3v) is 11.8. The number of hydrogen-bond donors (Lipinski definition) is 4. The van der Waals surface area contributed by atoms with E-state index in [0.717, 1.165) is 57.8 Å². The van der Waals surface area contributed by atoms with Crippen LogP contribution in [0.15, 0.2) is 12.2 Å².